The molecule has 0 bridgehead atoms. The average molecular weight is 389 g/mol. The number of carbonyl (C=O) groups is 1. The molecular weight excluding hydrogens is 366 g/mol. The zero-order valence-corrected chi connectivity index (χ0v) is 16.5. The fraction of sp³-hybridized carbons (Fsp3) is 0.217. The summed E-state index contributed by atoms with van der Waals surface area (Å²) in [4.78, 5) is 19.1. The number of aromatic nitrogens is 1. The Kier molecular flexibility index (Phi) is 5.33. The first kappa shape index (κ1) is 18.8. The first-order valence-corrected chi connectivity index (χ1v) is 9.50. The van der Waals surface area contributed by atoms with Crippen molar-refractivity contribution >= 4 is 17.4 Å². The summed E-state index contributed by atoms with van der Waals surface area (Å²) in [7, 11) is 3.23. The topological polar surface area (TPSA) is 63.7 Å². The highest BCUT2D eigenvalue weighted by Crippen LogP contribution is 2.29. The maximum absolute atomic E-state index is 12.9. The highest BCUT2D eigenvalue weighted by atomic mass is 16.5. The molecule has 1 aromatic heterocycles. The van der Waals surface area contributed by atoms with Gasteiger partial charge in [-0.05, 0) is 47.9 Å². The SMILES string of the molecule is COc1ccc(CNc2ccc(C(=O)N3CCc4ccccc43)cn2)cc1OC. The first-order chi connectivity index (χ1) is 14.2. The minimum atomic E-state index is -0.0195. The fourth-order valence-electron chi connectivity index (χ4n) is 3.51. The van der Waals surface area contributed by atoms with Crippen molar-refractivity contribution in [2.75, 3.05) is 31.0 Å². The summed E-state index contributed by atoms with van der Waals surface area (Å²) < 4.78 is 10.6. The van der Waals surface area contributed by atoms with Gasteiger partial charge in [0.1, 0.15) is 5.82 Å². The summed E-state index contributed by atoms with van der Waals surface area (Å²) >= 11 is 0. The molecule has 0 aliphatic carbocycles. The smallest absolute Gasteiger partial charge is 0.259 e. The van der Waals surface area contributed by atoms with Crippen LogP contribution in [0.25, 0.3) is 0 Å². The van der Waals surface area contributed by atoms with Gasteiger partial charge in [-0.3, -0.25) is 4.79 Å². The van der Waals surface area contributed by atoms with Gasteiger partial charge in [0.2, 0.25) is 0 Å². The Morgan fingerprint density at radius 3 is 2.66 bits per heavy atom. The molecule has 2 heterocycles. The van der Waals surface area contributed by atoms with Crippen LogP contribution < -0.4 is 19.7 Å². The lowest BCUT2D eigenvalue weighted by Gasteiger charge is -2.17. The fourth-order valence-corrected chi connectivity index (χ4v) is 3.51. The molecule has 0 spiro atoms. The number of ether oxygens (including phenoxy) is 2. The minimum Gasteiger partial charge on any atom is -0.493 e. The van der Waals surface area contributed by atoms with E-state index >= 15 is 0 Å². The number of hydrogen-bond acceptors (Lipinski definition) is 5. The number of rotatable bonds is 6. The van der Waals surface area contributed by atoms with E-state index in [0.29, 0.717) is 36.0 Å². The quantitative estimate of drug-likeness (QED) is 0.692. The molecule has 0 radical (unpaired) electrons. The third-order valence-corrected chi connectivity index (χ3v) is 5.06. The molecule has 3 aromatic rings. The van der Waals surface area contributed by atoms with E-state index in [2.05, 4.69) is 16.4 Å². The van der Waals surface area contributed by atoms with Gasteiger partial charge in [-0.15, -0.1) is 0 Å². The Morgan fingerprint density at radius 1 is 1.07 bits per heavy atom. The summed E-state index contributed by atoms with van der Waals surface area (Å²) in [6, 6.07) is 17.4. The number of methoxy groups -OCH3 is 2. The molecule has 4 rings (SSSR count). The predicted octanol–water partition coefficient (Wildman–Crippen LogP) is 3.91. The molecule has 1 aliphatic rings. The summed E-state index contributed by atoms with van der Waals surface area (Å²) in [6.07, 6.45) is 2.51. The zero-order chi connectivity index (χ0) is 20.2. The largest absolute Gasteiger partial charge is 0.493 e. The second-order valence-corrected chi connectivity index (χ2v) is 6.81. The molecule has 0 atom stereocenters. The van der Waals surface area contributed by atoms with Crippen molar-refractivity contribution in [1.29, 1.82) is 0 Å². The van der Waals surface area contributed by atoms with Crippen LogP contribution in [0.1, 0.15) is 21.5 Å². The molecule has 1 aliphatic heterocycles. The molecule has 6 nitrogen and oxygen atoms in total. The van der Waals surface area contributed by atoms with Gasteiger partial charge in [0, 0.05) is 25.0 Å². The number of para-hydroxylation sites is 1. The molecule has 29 heavy (non-hydrogen) atoms. The van der Waals surface area contributed by atoms with Crippen LogP contribution >= 0.6 is 0 Å². The molecule has 0 saturated carbocycles. The third kappa shape index (κ3) is 3.87. The number of hydrogen-bond donors (Lipinski definition) is 1. The second kappa shape index (κ2) is 8.22. The van der Waals surface area contributed by atoms with E-state index < -0.39 is 0 Å². The van der Waals surface area contributed by atoms with Crippen molar-refractivity contribution in [2.45, 2.75) is 13.0 Å². The van der Waals surface area contributed by atoms with E-state index in [-0.39, 0.29) is 5.91 Å². The number of carbonyl (C=O) groups excluding carboxylic acids is 1. The van der Waals surface area contributed by atoms with E-state index in [0.717, 1.165) is 17.7 Å². The Hall–Kier alpha value is -3.54. The summed E-state index contributed by atoms with van der Waals surface area (Å²) in [6.45, 7) is 1.29. The highest BCUT2D eigenvalue weighted by molar-refractivity contribution is 6.07. The average Bonchev–Trinajstić information content (AvgIpc) is 3.21. The van der Waals surface area contributed by atoms with Gasteiger partial charge in [-0.1, -0.05) is 24.3 Å². The molecule has 0 unspecified atom stereocenters. The summed E-state index contributed by atoms with van der Waals surface area (Å²) in [5.41, 5.74) is 3.83. The van der Waals surface area contributed by atoms with Crippen LogP contribution in [0.2, 0.25) is 0 Å². The Morgan fingerprint density at radius 2 is 1.90 bits per heavy atom. The van der Waals surface area contributed by atoms with Crippen LogP contribution in [0.4, 0.5) is 11.5 Å². The standard InChI is InChI=1S/C23H23N3O3/c1-28-20-9-7-16(13-21(20)29-2)14-24-22-10-8-18(15-25-22)23(27)26-12-11-17-5-3-4-6-19(17)26/h3-10,13,15H,11-12,14H2,1-2H3,(H,24,25). The second-order valence-electron chi connectivity index (χ2n) is 6.81. The lowest BCUT2D eigenvalue weighted by molar-refractivity contribution is 0.0989. The number of fused-ring (bicyclic) bond motifs is 1. The molecule has 1 amide bonds. The minimum absolute atomic E-state index is 0.0195. The molecule has 6 heteroatoms. The third-order valence-electron chi connectivity index (χ3n) is 5.06. The van der Waals surface area contributed by atoms with E-state index in [4.69, 9.17) is 9.47 Å². The number of pyridine rings is 1. The maximum Gasteiger partial charge on any atom is 0.259 e. The van der Waals surface area contributed by atoms with Gasteiger partial charge >= 0.3 is 0 Å². The van der Waals surface area contributed by atoms with Crippen LogP contribution in [0.5, 0.6) is 11.5 Å². The number of benzene rings is 2. The van der Waals surface area contributed by atoms with Crippen molar-refractivity contribution in [1.82, 2.24) is 4.98 Å². The molecule has 0 saturated heterocycles. The summed E-state index contributed by atoms with van der Waals surface area (Å²) in [5, 5.41) is 3.27. The van der Waals surface area contributed by atoms with Gasteiger partial charge in [-0.2, -0.15) is 0 Å². The Labute approximate surface area is 170 Å². The van der Waals surface area contributed by atoms with Crippen LogP contribution in [-0.2, 0) is 13.0 Å². The first-order valence-electron chi connectivity index (χ1n) is 9.50. The van der Waals surface area contributed by atoms with Crippen molar-refractivity contribution in [3.05, 3.63) is 77.5 Å². The lowest BCUT2D eigenvalue weighted by atomic mass is 10.2. The van der Waals surface area contributed by atoms with Crippen molar-refractivity contribution in [3.8, 4) is 11.5 Å². The van der Waals surface area contributed by atoms with Gasteiger partial charge in [0.25, 0.3) is 5.91 Å². The number of amides is 1. The predicted molar refractivity (Wildman–Crippen MR) is 113 cm³/mol. The molecular formula is C23H23N3O3. The van der Waals surface area contributed by atoms with Gasteiger partial charge in [0.05, 0.1) is 19.8 Å². The van der Waals surface area contributed by atoms with Gasteiger partial charge < -0.3 is 19.7 Å². The van der Waals surface area contributed by atoms with E-state index in [9.17, 15) is 4.79 Å². The van der Waals surface area contributed by atoms with Crippen molar-refractivity contribution in [3.63, 3.8) is 0 Å². The van der Waals surface area contributed by atoms with Crippen molar-refractivity contribution < 1.29 is 14.3 Å². The highest BCUT2D eigenvalue weighted by Gasteiger charge is 2.25. The number of nitrogens with zero attached hydrogens (tertiary/aromatic N) is 2. The van der Waals surface area contributed by atoms with E-state index in [1.807, 2.05) is 53.4 Å². The monoisotopic (exact) mass is 389 g/mol. The molecule has 0 fully saturated rings. The zero-order valence-electron chi connectivity index (χ0n) is 16.5. The normalized spacial score (nSPS) is 12.4. The van der Waals surface area contributed by atoms with Crippen molar-refractivity contribution in [2.24, 2.45) is 0 Å². The van der Waals surface area contributed by atoms with Crippen LogP contribution in [0.15, 0.2) is 60.8 Å². The number of anilines is 2. The van der Waals surface area contributed by atoms with E-state index in [1.54, 1.807) is 20.4 Å². The van der Waals surface area contributed by atoms with Gasteiger partial charge in [-0.25, -0.2) is 4.98 Å². The Balaban J connectivity index is 1.42. The van der Waals surface area contributed by atoms with Crippen LogP contribution in [0.3, 0.4) is 0 Å². The van der Waals surface area contributed by atoms with Crippen LogP contribution in [0, 0.1) is 0 Å². The molecule has 1 N–H and O–H groups in total. The van der Waals surface area contributed by atoms with Gasteiger partial charge in [0.15, 0.2) is 11.5 Å². The Bertz CT molecular complexity index is 1020. The lowest BCUT2D eigenvalue weighted by Crippen LogP contribution is -2.28. The van der Waals surface area contributed by atoms with E-state index in [1.165, 1.54) is 5.56 Å². The maximum atomic E-state index is 12.9. The summed E-state index contributed by atoms with van der Waals surface area (Å²) in [5.74, 6) is 2.07. The molecule has 2 aromatic carbocycles. The molecule has 148 valence electrons. The van der Waals surface area contributed by atoms with Crippen LogP contribution in [-0.4, -0.2) is 31.7 Å². The number of nitrogens with one attached hydrogen (secondary N) is 1.